The van der Waals surface area contributed by atoms with E-state index >= 15 is 0 Å². The predicted molar refractivity (Wildman–Crippen MR) is 149 cm³/mol. The molecule has 4 aliphatic rings. The molecule has 1 aliphatic carbocycles. The third-order valence-corrected chi connectivity index (χ3v) is 10.1. The molecule has 2 aromatic carbocycles. The zero-order chi connectivity index (χ0) is 29.5. The molecule has 44 heavy (non-hydrogen) atoms. The van der Waals surface area contributed by atoms with Crippen molar-refractivity contribution in [3.63, 3.8) is 0 Å². The van der Waals surface area contributed by atoms with Crippen LogP contribution in [0.25, 0.3) is 0 Å². The van der Waals surface area contributed by atoms with Crippen LogP contribution in [-0.2, 0) is 16.8 Å². The molecule has 3 heterocycles. The summed E-state index contributed by atoms with van der Waals surface area (Å²) in [4.78, 5) is 16.6. The molecule has 1 saturated carbocycles. The van der Waals surface area contributed by atoms with Gasteiger partial charge in [-0.05, 0) is 54.7 Å². The molecule has 0 radical (unpaired) electrons. The van der Waals surface area contributed by atoms with Gasteiger partial charge in [0.1, 0.15) is 5.75 Å². The van der Waals surface area contributed by atoms with Gasteiger partial charge in [0.2, 0.25) is 11.8 Å². The van der Waals surface area contributed by atoms with Crippen LogP contribution in [0.4, 0.5) is 22.0 Å². The lowest BCUT2D eigenvalue weighted by molar-refractivity contribution is -0.153. The van der Waals surface area contributed by atoms with Gasteiger partial charge in [0.05, 0.1) is 5.92 Å². The molecule has 0 bridgehead atoms. The lowest BCUT2D eigenvalue weighted by Crippen LogP contribution is -3.00. The minimum Gasteiger partial charge on any atom is -1.00 e. The molecular formula is C32H38Cl2F5N3O2-2. The van der Waals surface area contributed by atoms with Gasteiger partial charge in [-0.25, -0.2) is 8.78 Å². The van der Waals surface area contributed by atoms with Crippen molar-refractivity contribution >= 4 is 5.91 Å². The number of carbonyl (C=O) groups excluding carboxylic acids is 1. The first kappa shape index (κ1) is 34.7. The molecule has 0 unspecified atom stereocenters. The number of hydrogen-bond acceptors (Lipinski definition) is 4. The van der Waals surface area contributed by atoms with Gasteiger partial charge in [0.15, 0.2) is 6.61 Å². The molecule has 12 heteroatoms. The van der Waals surface area contributed by atoms with Crippen molar-refractivity contribution in [3.05, 3.63) is 65.2 Å². The van der Waals surface area contributed by atoms with Crippen molar-refractivity contribution in [2.75, 3.05) is 32.8 Å². The second kappa shape index (κ2) is 13.7. The largest absolute Gasteiger partial charge is 1.00 e. The average molecular weight is 663 g/mol. The van der Waals surface area contributed by atoms with Crippen LogP contribution in [0.2, 0.25) is 0 Å². The predicted octanol–water partition coefficient (Wildman–Crippen LogP) is -0.204. The quantitative estimate of drug-likeness (QED) is 0.436. The highest BCUT2D eigenvalue weighted by Crippen LogP contribution is 2.47. The minimum absolute atomic E-state index is 0. The van der Waals surface area contributed by atoms with Crippen molar-refractivity contribution < 1.29 is 56.3 Å². The van der Waals surface area contributed by atoms with Crippen LogP contribution >= 0.6 is 0 Å². The fraction of sp³-hybridized carbons (Fsp3) is 0.594. The average Bonchev–Trinajstić information content (AvgIpc) is 3.39. The summed E-state index contributed by atoms with van der Waals surface area (Å²) < 4.78 is 72.4. The molecule has 1 spiro atoms. The maximum absolute atomic E-state index is 14.6. The van der Waals surface area contributed by atoms with E-state index in [0.29, 0.717) is 51.1 Å². The van der Waals surface area contributed by atoms with Crippen LogP contribution in [0, 0.1) is 11.8 Å². The molecule has 244 valence electrons. The summed E-state index contributed by atoms with van der Waals surface area (Å²) in [6.45, 7) is 0.988. The van der Waals surface area contributed by atoms with E-state index in [0.717, 1.165) is 18.4 Å². The number of rotatable bonds is 5. The molecule has 3 aliphatic heterocycles. The second-order valence-electron chi connectivity index (χ2n) is 12.6. The van der Waals surface area contributed by atoms with E-state index in [-0.39, 0.29) is 67.2 Å². The van der Waals surface area contributed by atoms with Gasteiger partial charge in [-0.15, -0.1) is 0 Å². The number of hydrogen-bond donors (Lipinski definition) is 2. The summed E-state index contributed by atoms with van der Waals surface area (Å²) in [5.41, 5.74) is 2.06. The number of alkyl halides is 5. The van der Waals surface area contributed by atoms with E-state index in [2.05, 4.69) is 22.8 Å². The minimum atomic E-state index is -4.46. The zero-order valence-corrected chi connectivity index (χ0v) is 25.8. The van der Waals surface area contributed by atoms with Gasteiger partial charge >= 0.3 is 6.18 Å². The fourth-order valence-corrected chi connectivity index (χ4v) is 7.96. The van der Waals surface area contributed by atoms with E-state index in [4.69, 9.17) is 4.74 Å². The number of piperidine rings is 1. The highest BCUT2D eigenvalue weighted by molar-refractivity contribution is 5.82. The molecule has 0 aromatic heterocycles. The van der Waals surface area contributed by atoms with E-state index in [1.54, 1.807) is 12.1 Å². The maximum atomic E-state index is 14.6. The SMILES string of the molecule is O=C([C@@H]1CNC[C@]12CNCc1c(OCC(F)(F)F)cccc12)N1CC[C@@H](c2ccccc2)C[C@H]1C1CCC(F)(F)CC1.[Cl-].[Cl-]. The van der Waals surface area contributed by atoms with Crippen LogP contribution in [0.3, 0.4) is 0 Å². The first-order valence-electron chi connectivity index (χ1n) is 15.0. The van der Waals surface area contributed by atoms with E-state index in [1.165, 1.54) is 5.56 Å². The van der Waals surface area contributed by atoms with Gasteiger partial charge in [0, 0.05) is 62.6 Å². The number of fused-ring (bicyclic) bond motifs is 2. The molecule has 4 atom stereocenters. The number of ether oxygens (including phenoxy) is 1. The van der Waals surface area contributed by atoms with E-state index in [1.807, 2.05) is 29.2 Å². The highest BCUT2D eigenvalue weighted by atomic mass is 35.5. The van der Waals surface area contributed by atoms with Crippen molar-refractivity contribution in [1.82, 2.24) is 15.5 Å². The third-order valence-electron chi connectivity index (χ3n) is 10.1. The molecule has 6 rings (SSSR count). The Labute approximate surface area is 267 Å². The van der Waals surface area contributed by atoms with Gasteiger partial charge in [-0.2, -0.15) is 13.2 Å². The number of likely N-dealkylation sites (tertiary alicyclic amines) is 1. The monoisotopic (exact) mass is 661 g/mol. The smallest absolute Gasteiger partial charge is 0.422 e. The van der Waals surface area contributed by atoms with Crippen LogP contribution in [0.5, 0.6) is 5.75 Å². The molecule has 2 saturated heterocycles. The van der Waals surface area contributed by atoms with Crippen molar-refractivity contribution in [3.8, 4) is 5.75 Å². The van der Waals surface area contributed by atoms with Crippen LogP contribution in [-0.4, -0.2) is 61.7 Å². The lowest BCUT2D eigenvalue weighted by Gasteiger charge is -2.48. The third kappa shape index (κ3) is 6.98. The Morgan fingerprint density at radius 1 is 0.955 bits per heavy atom. The van der Waals surface area contributed by atoms with Gasteiger partial charge in [-0.1, -0.05) is 42.5 Å². The Kier molecular flexibility index (Phi) is 10.8. The number of nitrogens with zero attached hydrogens (tertiary/aromatic N) is 1. The summed E-state index contributed by atoms with van der Waals surface area (Å²) in [6.07, 6.45) is -2.45. The first-order chi connectivity index (χ1) is 20.1. The Bertz CT molecular complexity index is 1270. The fourth-order valence-electron chi connectivity index (χ4n) is 7.96. The summed E-state index contributed by atoms with van der Waals surface area (Å²) in [5.74, 6) is -2.65. The van der Waals surface area contributed by atoms with Crippen LogP contribution < -0.4 is 40.2 Å². The van der Waals surface area contributed by atoms with Crippen molar-refractivity contribution in [2.24, 2.45) is 11.8 Å². The van der Waals surface area contributed by atoms with Gasteiger partial charge in [0.25, 0.3) is 0 Å². The maximum Gasteiger partial charge on any atom is 0.422 e. The normalized spacial score (nSPS) is 28.5. The number of nitrogens with one attached hydrogen (secondary N) is 2. The topological polar surface area (TPSA) is 53.6 Å². The summed E-state index contributed by atoms with van der Waals surface area (Å²) in [5, 5.41) is 6.76. The molecule has 5 nitrogen and oxygen atoms in total. The number of halogens is 7. The molecular weight excluding hydrogens is 624 g/mol. The standard InChI is InChI=1S/C32H38F5N3O2.2ClH/c33-31(34)12-9-22(10-13-31)27-15-23(21-5-2-1-3-6-21)11-14-40(27)29(41)26-17-39-19-30(26)18-38-16-24-25(30)7-4-8-28(24)42-20-32(35,36)37;;/h1-8,22-23,26-27,38-39H,9-20H2;2*1H/p-2/t23-,26+,27+,30+;;/m1../s1. The zero-order valence-electron chi connectivity index (χ0n) is 24.3. The van der Waals surface area contributed by atoms with Gasteiger partial charge < -0.3 is 45.1 Å². The number of amides is 1. The Morgan fingerprint density at radius 3 is 2.36 bits per heavy atom. The van der Waals surface area contributed by atoms with Crippen molar-refractivity contribution in [1.29, 1.82) is 0 Å². The molecule has 2 aromatic rings. The summed E-state index contributed by atoms with van der Waals surface area (Å²) in [7, 11) is 0. The molecule has 3 fully saturated rings. The van der Waals surface area contributed by atoms with Crippen LogP contribution in [0.1, 0.15) is 61.1 Å². The van der Waals surface area contributed by atoms with Crippen molar-refractivity contribution in [2.45, 2.75) is 74.5 Å². The Morgan fingerprint density at radius 2 is 1.66 bits per heavy atom. The molecule has 2 N–H and O–H groups in total. The Hall–Kier alpha value is -2.14. The number of benzene rings is 2. The second-order valence-corrected chi connectivity index (χ2v) is 12.6. The van der Waals surface area contributed by atoms with Crippen LogP contribution in [0.15, 0.2) is 48.5 Å². The molecule has 1 amide bonds. The lowest BCUT2D eigenvalue weighted by atomic mass is 9.67. The first-order valence-corrected chi connectivity index (χ1v) is 15.0. The van der Waals surface area contributed by atoms with E-state index < -0.39 is 30.0 Å². The Balaban J connectivity index is 0.00000221. The highest BCUT2D eigenvalue weighted by Gasteiger charge is 2.53. The number of carbonyl (C=O) groups is 1. The van der Waals surface area contributed by atoms with Gasteiger partial charge in [-0.3, -0.25) is 4.79 Å². The van der Waals surface area contributed by atoms with E-state index in [9.17, 15) is 26.7 Å². The summed E-state index contributed by atoms with van der Waals surface area (Å²) in [6, 6.07) is 15.2. The summed E-state index contributed by atoms with van der Waals surface area (Å²) >= 11 is 0.